The summed E-state index contributed by atoms with van der Waals surface area (Å²) in [5.41, 5.74) is 3.27. The van der Waals surface area contributed by atoms with E-state index in [4.69, 9.17) is 0 Å². The third kappa shape index (κ3) is 3.93. The highest BCUT2D eigenvalue weighted by molar-refractivity contribution is 7.74. The molecule has 0 aliphatic heterocycles. The lowest BCUT2D eigenvalue weighted by Gasteiger charge is -2.17. The molecule has 0 aromatic heterocycles. The van der Waals surface area contributed by atoms with E-state index in [-0.39, 0.29) is 0 Å². The minimum Gasteiger partial charge on any atom is -0.314 e. The summed E-state index contributed by atoms with van der Waals surface area (Å²) >= 11 is 0. The Labute approximate surface area is 144 Å². The van der Waals surface area contributed by atoms with Crippen LogP contribution in [0.4, 0.5) is 0 Å². The molecule has 3 rings (SSSR count). The van der Waals surface area contributed by atoms with E-state index in [0.717, 1.165) is 22.0 Å². The summed E-state index contributed by atoms with van der Waals surface area (Å²) < 4.78 is 13.9. The molecule has 3 aromatic carbocycles. The van der Waals surface area contributed by atoms with Gasteiger partial charge in [0.05, 0.1) is 0 Å². The quantitative estimate of drug-likeness (QED) is 0.529. The van der Waals surface area contributed by atoms with Gasteiger partial charge >= 0.3 is 0 Å². The molecule has 0 heterocycles. The molecule has 0 saturated carbocycles. The molecule has 0 bridgehead atoms. The zero-order chi connectivity index (χ0) is 16.8. The van der Waals surface area contributed by atoms with Gasteiger partial charge in [0.15, 0.2) is 0 Å². The molecule has 120 valence electrons. The van der Waals surface area contributed by atoms with Crippen LogP contribution >= 0.6 is 7.14 Å². The first-order valence-corrected chi connectivity index (χ1v) is 10.1. The molecule has 0 radical (unpaired) electrons. The Hall–Kier alpha value is -2.37. The number of rotatable bonds is 5. The largest absolute Gasteiger partial charge is 0.314 e. The van der Waals surface area contributed by atoms with Gasteiger partial charge in [-0.05, 0) is 29.4 Å². The van der Waals surface area contributed by atoms with Crippen molar-refractivity contribution in [3.8, 4) is 0 Å². The van der Waals surface area contributed by atoms with Gasteiger partial charge < -0.3 is 4.57 Å². The smallest absolute Gasteiger partial charge is 0.140 e. The summed E-state index contributed by atoms with van der Waals surface area (Å²) in [4.78, 5) is 0. The summed E-state index contributed by atoms with van der Waals surface area (Å²) in [6.07, 6.45) is 0.544. The molecular weight excluding hydrogens is 311 g/mol. The van der Waals surface area contributed by atoms with E-state index in [9.17, 15) is 4.57 Å². The van der Waals surface area contributed by atoms with Gasteiger partial charge in [-0.25, -0.2) is 0 Å². The molecule has 0 N–H and O–H groups in total. The third-order valence-corrected chi connectivity index (χ3v) is 6.90. The first-order chi connectivity index (χ1) is 11.7. The van der Waals surface area contributed by atoms with Crippen LogP contribution in [0.25, 0.3) is 5.57 Å². The molecule has 3 aromatic rings. The molecular formula is C22H21OP. The SMILES string of the molecule is C/C(=C\P(=O)(Cc1ccccc1)c1ccccc1)c1ccccc1. The Morgan fingerprint density at radius 1 is 0.792 bits per heavy atom. The van der Waals surface area contributed by atoms with Gasteiger partial charge in [0.2, 0.25) is 0 Å². The van der Waals surface area contributed by atoms with E-state index in [1.807, 2.05) is 91.6 Å². The fourth-order valence-corrected chi connectivity index (χ4v) is 5.46. The second-order valence-corrected chi connectivity index (χ2v) is 8.63. The fourth-order valence-electron chi connectivity index (χ4n) is 2.83. The molecule has 0 saturated heterocycles. The highest BCUT2D eigenvalue weighted by Crippen LogP contribution is 2.51. The molecule has 0 spiro atoms. The van der Waals surface area contributed by atoms with Crippen LogP contribution in [0.15, 0.2) is 96.8 Å². The Balaban J connectivity index is 2.04. The second-order valence-electron chi connectivity index (χ2n) is 5.95. The normalized spacial score (nSPS) is 14.1. The van der Waals surface area contributed by atoms with Gasteiger partial charge in [0.25, 0.3) is 0 Å². The third-order valence-electron chi connectivity index (χ3n) is 4.08. The standard InChI is InChI=1S/C22H21OP/c1-19(21-13-7-3-8-14-21)17-24(23,22-15-9-4-10-16-22)18-20-11-5-2-6-12-20/h2-17H,18H2,1H3/b19-17+. The van der Waals surface area contributed by atoms with Crippen molar-refractivity contribution in [3.05, 3.63) is 108 Å². The summed E-state index contributed by atoms with van der Waals surface area (Å²) in [5, 5.41) is 0.907. The van der Waals surface area contributed by atoms with Crippen LogP contribution in [0.2, 0.25) is 0 Å². The molecule has 2 heteroatoms. The maximum Gasteiger partial charge on any atom is 0.140 e. The monoisotopic (exact) mass is 332 g/mol. The van der Waals surface area contributed by atoms with Gasteiger partial charge in [-0.3, -0.25) is 0 Å². The van der Waals surface area contributed by atoms with Crippen LogP contribution in [-0.4, -0.2) is 0 Å². The molecule has 0 aliphatic carbocycles. The second kappa shape index (κ2) is 7.47. The Morgan fingerprint density at radius 3 is 1.88 bits per heavy atom. The maximum absolute atomic E-state index is 13.9. The zero-order valence-corrected chi connectivity index (χ0v) is 14.7. The maximum atomic E-state index is 13.9. The first kappa shape index (κ1) is 16.5. The van der Waals surface area contributed by atoms with Crippen LogP contribution in [-0.2, 0) is 10.7 Å². The van der Waals surface area contributed by atoms with Crippen LogP contribution in [0, 0.1) is 0 Å². The van der Waals surface area contributed by atoms with Crippen molar-refractivity contribution in [2.24, 2.45) is 0 Å². The molecule has 1 atom stereocenters. The molecule has 0 fully saturated rings. The topological polar surface area (TPSA) is 17.1 Å². The average Bonchev–Trinajstić information content (AvgIpc) is 2.64. The number of benzene rings is 3. The van der Waals surface area contributed by atoms with E-state index in [1.54, 1.807) is 0 Å². The fraction of sp³-hybridized carbons (Fsp3) is 0.0909. The Kier molecular flexibility index (Phi) is 5.13. The molecule has 1 nitrogen and oxygen atoms in total. The van der Waals surface area contributed by atoms with Gasteiger partial charge in [-0.15, -0.1) is 0 Å². The van der Waals surface area contributed by atoms with Crippen molar-refractivity contribution in [1.29, 1.82) is 0 Å². The summed E-state index contributed by atoms with van der Waals surface area (Å²) in [6, 6.07) is 30.0. The van der Waals surface area contributed by atoms with Crippen molar-refractivity contribution < 1.29 is 4.57 Å². The van der Waals surface area contributed by atoms with Crippen LogP contribution in [0.5, 0.6) is 0 Å². The van der Waals surface area contributed by atoms with Gasteiger partial charge in [-0.2, -0.15) is 0 Å². The lowest BCUT2D eigenvalue weighted by Crippen LogP contribution is -2.05. The summed E-state index contributed by atoms with van der Waals surface area (Å²) in [7, 11) is -2.68. The van der Waals surface area contributed by atoms with Crippen molar-refractivity contribution in [2.75, 3.05) is 0 Å². The van der Waals surface area contributed by atoms with Crippen LogP contribution in [0.1, 0.15) is 18.1 Å². The van der Waals surface area contributed by atoms with E-state index in [1.165, 1.54) is 0 Å². The van der Waals surface area contributed by atoms with E-state index in [2.05, 4.69) is 12.1 Å². The minimum absolute atomic E-state index is 0.544. The lowest BCUT2D eigenvalue weighted by molar-refractivity contribution is 0.586. The van der Waals surface area contributed by atoms with Gasteiger partial charge in [-0.1, -0.05) is 91.0 Å². The minimum atomic E-state index is -2.68. The summed E-state index contributed by atoms with van der Waals surface area (Å²) in [5.74, 6) is 1.98. The first-order valence-electron chi connectivity index (χ1n) is 8.10. The highest BCUT2D eigenvalue weighted by Gasteiger charge is 2.23. The highest BCUT2D eigenvalue weighted by atomic mass is 31.2. The van der Waals surface area contributed by atoms with E-state index >= 15 is 0 Å². The lowest BCUT2D eigenvalue weighted by atomic mass is 10.1. The Bertz CT molecular complexity index is 852. The molecule has 0 aliphatic rings. The van der Waals surface area contributed by atoms with Crippen molar-refractivity contribution in [2.45, 2.75) is 13.1 Å². The number of allylic oxidation sites excluding steroid dienone is 1. The molecule has 1 unspecified atom stereocenters. The van der Waals surface area contributed by atoms with Crippen molar-refractivity contribution >= 4 is 18.0 Å². The molecule has 0 amide bonds. The number of hydrogen-bond donors (Lipinski definition) is 0. The molecule has 24 heavy (non-hydrogen) atoms. The van der Waals surface area contributed by atoms with Crippen molar-refractivity contribution in [1.82, 2.24) is 0 Å². The number of hydrogen-bond acceptors (Lipinski definition) is 1. The van der Waals surface area contributed by atoms with Crippen LogP contribution < -0.4 is 5.30 Å². The van der Waals surface area contributed by atoms with E-state index < -0.39 is 7.14 Å². The average molecular weight is 332 g/mol. The van der Waals surface area contributed by atoms with E-state index in [0.29, 0.717) is 6.16 Å². The van der Waals surface area contributed by atoms with Gasteiger partial charge in [0.1, 0.15) is 7.14 Å². The predicted octanol–water partition coefficient (Wildman–Crippen LogP) is 5.94. The predicted molar refractivity (Wildman–Crippen MR) is 104 cm³/mol. The van der Waals surface area contributed by atoms with Crippen LogP contribution in [0.3, 0.4) is 0 Å². The Morgan fingerprint density at radius 2 is 1.29 bits per heavy atom. The van der Waals surface area contributed by atoms with Gasteiger partial charge in [0, 0.05) is 11.5 Å². The summed E-state index contributed by atoms with van der Waals surface area (Å²) in [6.45, 7) is 2.04. The zero-order valence-electron chi connectivity index (χ0n) is 13.8. The van der Waals surface area contributed by atoms with Crippen molar-refractivity contribution in [3.63, 3.8) is 0 Å².